The van der Waals surface area contributed by atoms with Gasteiger partial charge in [0.1, 0.15) is 17.6 Å². The highest BCUT2D eigenvalue weighted by Crippen LogP contribution is 2.63. The van der Waals surface area contributed by atoms with Crippen molar-refractivity contribution in [1.82, 2.24) is 29.6 Å². The topological polar surface area (TPSA) is 134 Å². The van der Waals surface area contributed by atoms with Crippen LogP contribution < -0.4 is 15.6 Å². The number of fused-ring (bicyclic) bond motifs is 11. The number of carbonyl (C=O) groups is 4. The van der Waals surface area contributed by atoms with Crippen molar-refractivity contribution >= 4 is 46.1 Å². The number of piperidine rings is 3. The van der Waals surface area contributed by atoms with Crippen LogP contribution in [0.15, 0.2) is 53.3 Å². The Balaban J connectivity index is 0.686. The van der Waals surface area contributed by atoms with Crippen LogP contribution in [0.2, 0.25) is 5.02 Å². The van der Waals surface area contributed by atoms with Crippen molar-refractivity contribution in [3.63, 3.8) is 0 Å². The predicted octanol–water partition coefficient (Wildman–Crippen LogP) is 6.52. The van der Waals surface area contributed by atoms with Gasteiger partial charge in [0, 0.05) is 48.2 Å². The number of amides is 4. The highest BCUT2D eigenvalue weighted by molar-refractivity contribution is 6.35. The first-order valence-electron chi connectivity index (χ1n) is 23.1. The zero-order valence-electron chi connectivity index (χ0n) is 36.1. The summed E-state index contributed by atoms with van der Waals surface area (Å²) in [6.45, 7) is 9.71. The van der Waals surface area contributed by atoms with E-state index >= 15 is 0 Å². The first kappa shape index (κ1) is 39.5. The Kier molecular flexibility index (Phi) is 8.61. The molecule has 4 aromatic rings. The van der Waals surface area contributed by atoms with E-state index in [-0.39, 0.29) is 40.0 Å². The van der Waals surface area contributed by atoms with Crippen molar-refractivity contribution in [2.75, 3.05) is 39.3 Å². The monoisotopic (exact) mass is 868 g/mol. The number of nitrogens with one attached hydrogen (secondary N) is 1. The minimum absolute atomic E-state index is 0.0951. The van der Waals surface area contributed by atoms with Gasteiger partial charge in [0.15, 0.2) is 0 Å². The number of hydrogen-bond donors (Lipinski definition) is 1. The van der Waals surface area contributed by atoms with Crippen LogP contribution in [0.1, 0.15) is 129 Å². The van der Waals surface area contributed by atoms with Crippen molar-refractivity contribution in [3.05, 3.63) is 97.5 Å². The summed E-state index contributed by atoms with van der Waals surface area (Å²) in [6, 6.07) is 15.7. The molecule has 8 aliphatic rings. The number of hydrogen-bond acceptors (Lipinski definition) is 8. The van der Waals surface area contributed by atoms with E-state index in [0.717, 1.165) is 124 Å². The molecule has 5 fully saturated rings. The lowest BCUT2D eigenvalue weighted by atomic mass is 9.73. The van der Waals surface area contributed by atoms with Crippen LogP contribution in [0, 0.1) is 10.8 Å². The third-order valence-electron chi connectivity index (χ3n) is 17.2. The van der Waals surface area contributed by atoms with Crippen LogP contribution in [0.5, 0.6) is 5.75 Å². The van der Waals surface area contributed by atoms with Crippen LogP contribution in [0.4, 0.5) is 0 Å². The number of benzene rings is 3. The molecular formula is C50H53ClN6O6. The van der Waals surface area contributed by atoms with Gasteiger partial charge in [-0.2, -0.15) is 4.98 Å². The zero-order chi connectivity index (χ0) is 43.2. The van der Waals surface area contributed by atoms with Gasteiger partial charge in [0.05, 0.1) is 45.6 Å². The Morgan fingerprint density at radius 3 is 2.43 bits per heavy atom. The normalized spacial score (nSPS) is 28.0. The molecular weight excluding hydrogens is 816 g/mol. The van der Waals surface area contributed by atoms with Gasteiger partial charge < -0.3 is 19.4 Å². The van der Waals surface area contributed by atoms with E-state index in [1.807, 2.05) is 18.2 Å². The predicted molar refractivity (Wildman–Crippen MR) is 236 cm³/mol. The van der Waals surface area contributed by atoms with E-state index in [1.165, 1.54) is 11.1 Å². The molecule has 1 aromatic heterocycles. The van der Waals surface area contributed by atoms with Crippen molar-refractivity contribution in [2.45, 2.75) is 114 Å². The van der Waals surface area contributed by atoms with Gasteiger partial charge in [-0.05, 0) is 138 Å². The Labute approximate surface area is 371 Å². The standard InChI is InChI=1S/C50H53ClN6O6/c1-47(2)33-8-6-30(24-38(33)57-36-5-3-4-35(51)40(36)43(60)53-45(47)57)29-12-20-55(21-13-29)46(62)49-16-14-48(26-49,15-17-49)27-54-22-18-50(19-23-54)28-63-41-32-25-56(37-10-11-39(58)52-42(37)59)44(61)31(32)7-9-34(41)50/h3-9,24,29,37H,10-23,25-28H2,1-2H3,(H,52,58,59)/t37-,48?,49?/m0/s1. The summed E-state index contributed by atoms with van der Waals surface area (Å²) in [5.74, 6) is 1.42. The molecule has 2 bridgehead atoms. The van der Waals surface area contributed by atoms with Crippen LogP contribution in [-0.2, 0) is 31.8 Å². The van der Waals surface area contributed by atoms with E-state index in [2.05, 4.69) is 62.8 Å². The maximum Gasteiger partial charge on any atom is 0.282 e. The van der Waals surface area contributed by atoms with E-state index in [0.29, 0.717) is 47.4 Å². The summed E-state index contributed by atoms with van der Waals surface area (Å²) in [5, 5.41) is 3.27. The number of likely N-dealkylation sites (tertiary alicyclic amines) is 2. The van der Waals surface area contributed by atoms with Gasteiger partial charge in [-0.1, -0.05) is 35.9 Å². The molecule has 7 heterocycles. The molecule has 0 radical (unpaired) electrons. The van der Waals surface area contributed by atoms with E-state index in [4.69, 9.17) is 16.3 Å². The molecule has 13 heteroatoms. The highest BCUT2D eigenvalue weighted by Gasteiger charge is 2.59. The van der Waals surface area contributed by atoms with Gasteiger partial charge in [0.2, 0.25) is 17.7 Å². The zero-order valence-corrected chi connectivity index (χ0v) is 36.8. The molecule has 1 N–H and O–H groups in total. The number of rotatable bonds is 5. The number of aromatic nitrogens is 2. The molecule has 1 spiro atoms. The quantitative estimate of drug-likeness (QED) is 0.224. The number of carbonyl (C=O) groups excluding carboxylic acids is 4. The summed E-state index contributed by atoms with van der Waals surface area (Å²) < 4.78 is 8.59. The molecule has 1 atom stereocenters. The van der Waals surface area contributed by atoms with Crippen LogP contribution in [-0.4, -0.2) is 93.3 Å². The van der Waals surface area contributed by atoms with E-state index in [9.17, 15) is 24.0 Å². The Morgan fingerprint density at radius 1 is 0.905 bits per heavy atom. The molecule has 3 saturated heterocycles. The molecule has 6 aliphatic heterocycles. The van der Waals surface area contributed by atoms with Crippen molar-refractivity contribution in [3.8, 4) is 11.4 Å². The molecule has 326 valence electrons. The average Bonchev–Trinajstić information content (AvgIpc) is 4.07. The molecule has 4 amide bonds. The number of ether oxygens (including phenoxy) is 1. The third-order valence-corrected chi connectivity index (χ3v) is 17.5. The lowest BCUT2D eigenvalue weighted by molar-refractivity contribution is -0.143. The SMILES string of the molecule is CC1(C)c2ccc(C3CCN(C(=O)C45CCC(CN6CCC7(CC6)COc6c7ccc7c6CN([C@H]6CCC(=O)NC6=O)C7=O)(CC4)C5)CC3)cc2-n2c1nc(=O)c1c(Cl)cccc12. The minimum Gasteiger partial charge on any atom is -0.492 e. The maximum absolute atomic E-state index is 14.5. The average molecular weight is 869 g/mol. The number of nitrogens with zero attached hydrogens (tertiary/aromatic N) is 5. The molecule has 63 heavy (non-hydrogen) atoms. The van der Waals surface area contributed by atoms with Gasteiger partial charge in [-0.3, -0.25) is 33.9 Å². The molecule has 0 unspecified atom stereocenters. The summed E-state index contributed by atoms with van der Waals surface area (Å²) in [7, 11) is 0. The smallest absolute Gasteiger partial charge is 0.282 e. The third kappa shape index (κ3) is 5.74. The maximum atomic E-state index is 14.5. The molecule has 12 nitrogen and oxygen atoms in total. The fourth-order valence-corrected chi connectivity index (χ4v) is 13.9. The molecule has 12 rings (SSSR count). The van der Waals surface area contributed by atoms with Crippen molar-refractivity contribution < 1.29 is 23.9 Å². The Morgan fingerprint density at radius 2 is 1.67 bits per heavy atom. The van der Waals surface area contributed by atoms with Crippen molar-refractivity contribution in [1.29, 1.82) is 0 Å². The van der Waals surface area contributed by atoms with Crippen LogP contribution in [0.3, 0.4) is 0 Å². The highest BCUT2D eigenvalue weighted by atomic mass is 35.5. The largest absolute Gasteiger partial charge is 0.492 e. The van der Waals surface area contributed by atoms with E-state index < -0.39 is 17.4 Å². The molecule has 2 aliphatic carbocycles. The van der Waals surface area contributed by atoms with Gasteiger partial charge in [0.25, 0.3) is 11.5 Å². The van der Waals surface area contributed by atoms with Gasteiger partial charge in [-0.15, -0.1) is 0 Å². The fraction of sp³-hybridized carbons (Fsp3) is 0.520. The second kappa shape index (κ2) is 13.7. The second-order valence-electron chi connectivity index (χ2n) is 20.8. The summed E-state index contributed by atoms with van der Waals surface area (Å²) in [5.41, 5.74) is 6.05. The first-order valence-corrected chi connectivity index (χ1v) is 23.5. The second-order valence-corrected chi connectivity index (χ2v) is 21.3. The Hall–Kier alpha value is -5.07. The summed E-state index contributed by atoms with van der Waals surface area (Å²) in [4.78, 5) is 76.6. The lowest BCUT2D eigenvalue weighted by Crippen LogP contribution is -2.52. The summed E-state index contributed by atoms with van der Waals surface area (Å²) >= 11 is 6.54. The number of imide groups is 1. The molecule has 2 saturated carbocycles. The van der Waals surface area contributed by atoms with Crippen molar-refractivity contribution in [2.24, 2.45) is 10.8 Å². The fourth-order valence-electron chi connectivity index (χ4n) is 13.6. The lowest BCUT2D eigenvalue weighted by Gasteiger charge is -2.42. The summed E-state index contributed by atoms with van der Waals surface area (Å²) in [6.07, 6.45) is 9.57. The van der Waals surface area contributed by atoms with Crippen LogP contribution >= 0.6 is 11.6 Å². The van der Waals surface area contributed by atoms with Crippen LogP contribution in [0.25, 0.3) is 16.6 Å². The Bertz CT molecular complexity index is 2750. The minimum atomic E-state index is -0.644. The number of halogens is 1. The first-order chi connectivity index (χ1) is 30.3. The van der Waals surface area contributed by atoms with Gasteiger partial charge >= 0.3 is 0 Å². The van der Waals surface area contributed by atoms with E-state index in [1.54, 1.807) is 11.0 Å². The van der Waals surface area contributed by atoms with Gasteiger partial charge in [-0.25, -0.2) is 0 Å². The molecule has 3 aromatic carbocycles.